The number of thiophene rings is 1. The predicted octanol–water partition coefficient (Wildman–Crippen LogP) is 3.67. The number of amides is 2. The van der Waals surface area contributed by atoms with Crippen molar-refractivity contribution in [2.75, 3.05) is 6.61 Å². The van der Waals surface area contributed by atoms with Crippen LogP contribution in [-0.4, -0.2) is 18.4 Å². The topological polar surface area (TPSA) is 67.4 Å². The van der Waals surface area contributed by atoms with E-state index in [1.165, 1.54) is 0 Å². The molecule has 1 aromatic carbocycles. The van der Waals surface area contributed by atoms with Gasteiger partial charge in [-0.2, -0.15) is 0 Å². The molecule has 2 rings (SSSR count). The number of nitrogens with one attached hydrogen (secondary N) is 2. The Bertz CT molecular complexity index is 743. The number of carbonyl (C=O) groups is 2. The summed E-state index contributed by atoms with van der Waals surface area (Å²) in [6.45, 7) is 5.89. The molecule has 7 heteroatoms. The molecule has 0 atom stereocenters. The zero-order valence-electron chi connectivity index (χ0n) is 13.7. The van der Waals surface area contributed by atoms with E-state index in [1.807, 2.05) is 25.1 Å². The fourth-order valence-corrected chi connectivity index (χ4v) is 2.99. The van der Waals surface area contributed by atoms with Gasteiger partial charge < -0.3 is 4.74 Å². The maximum absolute atomic E-state index is 11.8. The molecule has 0 spiro atoms. The van der Waals surface area contributed by atoms with Gasteiger partial charge in [0.1, 0.15) is 5.75 Å². The van der Waals surface area contributed by atoms with Gasteiger partial charge in [-0.05, 0) is 42.2 Å². The van der Waals surface area contributed by atoms with Gasteiger partial charge in [0.05, 0.1) is 9.21 Å². The molecule has 2 aromatic rings. The summed E-state index contributed by atoms with van der Waals surface area (Å²) in [5, 5.41) is 0. The molecule has 5 nitrogen and oxygen atoms in total. The smallest absolute Gasteiger partial charge is 0.279 e. The number of hydrogen-bond acceptors (Lipinski definition) is 4. The van der Waals surface area contributed by atoms with E-state index in [0.29, 0.717) is 15.0 Å². The molecule has 0 aliphatic rings. The lowest BCUT2D eigenvalue weighted by atomic mass is 10.0. The number of aryl methyl sites for hydroxylation is 1. The first-order valence-electron chi connectivity index (χ1n) is 7.44. The molecular formula is C17H19ClN2O3S. The lowest BCUT2D eigenvalue weighted by Crippen LogP contribution is -2.43. The molecule has 128 valence electrons. The van der Waals surface area contributed by atoms with Gasteiger partial charge >= 0.3 is 0 Å². The van der Waals surface area contributed by atoms with Crippen molar-refractivity contribution < 1.29 is 14.3 Å². The van der Waals surface area contributed by atoms with Crippen molar-refractivity contribution in [3.8, 4) is 5.75 Å². The van der Waals surface area contributed by atoms with Crippen molar-refractivity contribution in [2.24, 2.45) is 0 Å². The van der Waals surface area contributed by atoms with Crippen molar-refractivity contribution in [3.05, 3.63) is 50.7 Å². The van der Waals surface area contributed by atoms with Crippen LogP contribution in [0.25, 0.3) is 0 Å². The second-order valence-electron chi connectivity index (χ2n) is 5.59. The maximum Gasteiger partial charge on any atom is 0.279 e. The zero-order valence-corrected chi connectivity index (χ0v) is 15.3. The van der Waals surface area contributed by atoms with Crippen molar-refractivity contribution in [1.82, 2.24) is 10.9 Å². The third-order valence-corrected chi connectivity index (χ3v) is 4.49. The third-order valence-electron chi connectivity index (χ3n) is 3.26. The van der Waals surface area contributed by atoms with Crippen LogP contribution in [0.1, 0.15) is 40.6 Å². The summed E-state index contributed by atoms with van der Waals surface area (Å²) in [5.74, 6) is 0.101. The Hall–Kier alpha value is -2.05. The van der Waals surface area contributed by atoms with E-state index in [-0.39, 0.29) is 12.5 Å². The second kappa shape index (κ2) is 8.17. The molecule has 2 amide bonds. The number of hydrogen-bond donors (Lipinski definition) is 2. The molecule has 0 aliphatic heterocycles. The summed E-state index contributed by atoms with van der Waals surface area (Å²) in [5.41, 5.74) is 6.74. The first-order chi connectivity index (χ1) is 11.4. The molecule has 24 heavy (non-hydrogen) atoms. The van der Waals surface area contributed by atoms with Crippen molar-refractivity contribution in [2.45, 2.75) is 26.7 Å². The van der Waals surface area contributed by atoms with E-state index in [2.05, 4.69) is 24.7 Å². The monoisotopic (exact) mass is 366 g/mol. The molecule has 0 unspecified atom stereocenters. The van der Waals surface area contributed by atoms with E-state index in [9.17, 15) is 9.59 Å². The lowest BCUT2D eigenvalue weighted by molar-refractivity contribution is -0.123. The van der Waals surface area contributed by atoms with Crippen LogP contribution < -0.4 is 15.6 Å². The Labute approximate surface area is 149 Å². The summed E-state index contributed by atoms with van der Waals surface area (Å²) in [6.07, 6.45) is 0. The minimum atomic E-state index is -0.442. The number of rotatable bonds is 5. The SMILES string of the molecule is Cc1ccc(C(C)C)c(OCC(=O)NNC(=O)c2ccc(Cl)s2)c1. The Kier molecular flexibility index (Phi) is 6.23. The highest BCUT2D eigenvalue weighted by Gasteiger charge is 2.12. The van der Waals surface area contributed by atoms with E-state index in [1.54, 1.807) is 12.1 Å². The highest BCUT2D eigenvalue weighted by molar-refractivity contribution is 7.17. The van der Waals surface area contributed by atoms with Crippen LogP contribution in [-0.2, 0) is 4.79 Å². The molecule has 1 aromatic heterocycles. The van der Waals surface area contributed by atoms with Crippen molar-refractivity contribution in [3.63, 3.8) is 0 Å². The summed E-state index contributed by atoms with van der Waals surface area (Å²) in [7, 11) is 0. The zero-order chi connectivity index (χ0) is 17.7. The Morgan fingerprint density at radius 2 is 1.96 bits per heavy atom. The summed E-state index contributed by atoms with van der Waals surface area (Å²) in [4.78, 5) is 24.1. The second-order valence-corrected chi connectivity index (χ2v) is 7.31. The fourth-order valence-electron chi connectivity index (χ4n) is 2.05. The minimum Gasteiger partial charge on any atom is -0.483 e. The average molecular weight is 367 g/mol. The number of benzene rings is 1. The first kappa shape index (κ1) is 18.3. The Balaban J connectivity index is 1.87. The van der Waals surface area contributed by atoms with Crippen molar-refractivity contribution in [1.29, 1.82) is 0 Å². The van der Waals surface area contributed by atoms with Crippen molar-refractivity contribution >= 4 is 34.8 Å². The van der Waals surface area contributed by atoms with E-state index < -0.39 is 11.8 Å². The Morgan fingerprint density at radius 1 is 1.21 bits per heavy atom. The number of hydrazine groups is 1. The van der Waals surface area contributed by atoms with Gasteiger partial charge in [-0.15, -0.1) is 11.3 Å². The van der Waals surface area contributed by atoms with Gasteiger partial charge in [-0.3, -0.25) is 20.4 Å². The van der Waals surface area contributed by atoms with Gasteiger partial charge in [-0.25, -0.2) is 0 Å². The van der Waals surface area contributed by atoms with Crippen LogP contribution in [0.3, 0.4) is 0 Å². The normalized spacial score (nSPS) is 10.5. The Morgan fingerprint density at radius 3 is 2.58 bits per heavy atom. The number of carbonyl (C=O) groups excluding carboxylic acids is 2. The third kappa shape index (κ3) is 4.97. The number of halogens is 1. The standard InChI is InChI=1S/C17H19ClN2O3S/c1-10(2)12-5-4-11(3)8-13(12)23-9-16(21)19-20-17(22)14-6-7-15(18)24-14/h4-8,10H,9H2,1-3H3,(H,19,21)(H,20,22). The maximum atomic E-state index is 11.8. The molecule has 0 bridgehead atoms. The molecule has 2 N–H and O–H groups in total. The van der Waals surface area contributed by atoms with E-state index in [4.69, 9.17) is 16.3 Å². The van der Waals surface area contributed by atoms with Crippen LogP contribution in [0.4, 0.5) is 0 Å². The lowest BCUT2D eigenvalue weighted by Gasteiger charge is -2.15. The van der Waals surface area contributed by atoms with Crippen LogP contribution in [0.15, 0.2) is 30.3 Å². The van der Waals surface area contributed by atoms with Gasteiger partial charge in [0.2, 0.25) is 0 Å². The summed E-state index contributed by atoms with van der Waals surface area (Å²) < 4.78 is 6.11. The largest absolute Gasteiger partial charge is 0.483 e. The van der Waals surface area contributed by atoms with E-state index >= 15 is 0 Å². The van der Waals surface area contributed by atoms with Crippen LogP contribution >= 0.6 is 22.9 Å². The molecule has 0 aliphatic carbocycles. The first-order valence-corrected chi connectivity index (χ1v) is 8.64. The summed E-state index contributed by atoms with van der Waals surface area (Å²) >= 11 is 6.90. The minimum absolute atomic E-state index is 0.186. The average Bonchev–Trinajstić information content (AvgIpc) is 2.97. The molecule has 0 fully saturated rings. The van der Waals surface area contributed by atoms with Crippen LogP contribution in [0.5, 0.6) is 5.75 Å². The van der Waals surface area contributed by atoms with E-state index in [0.717, 1.165) is 22.5 Å². The fraction of sp³-hybridized carbons (Fsp3) is 0.294. The molecule has 0 saturated heterocycles. The van der Waals surface area contributed by atoms with Gasteiger partial charge in [0.25, 0.3) is 11.8 Å². The predicted molar refractivity (Wildman–Crippen MR) is 95.7 cm³/mol. The quantitative estimate of drug-likeness (QED) is 0.793. The highest BCUT2D eigenvalue weighted by atomic mass is 35.5. The summed E-state index contributed by atoms with van der Waals surface area (Å²) in [6, 6.07) is 9.11. The van der Waals surface area contributed by atoms with Crippen LogP contribution in [0, 0.1) is 6.92 Å². The van der Waals surface area contributed by atoms with Gasteiger partial charge in [0, 0.05) is 0 Å². The molecule has 0 saturated carbocycles. The van der Waals surface area contributed by atoms with Gasteiger partial charge in [0.15, 0.2) is 6.61 Å². The van der Waals surface area contributed by atoms with Gasteiger partial charge in [-0.1, -0.05) is 37.6 Å². The van der Waals surface area contributed by atoms with Crippen LogP contribution in [0.2, 0.25) is 4.34 Å². The molecule has 1 heterocycles. The molecule has 0 radical (unpaired) electrons. The molecular weight excluding hydrogens is 348 g/mol. The highest BCUT2D eigenvalue weighted by Crippen LogP contribution is 2.27. The number of ether oxygens (including phenoxy) is 1.